The molecule has 0 saturated carbocycles. The van der Waals surface area contributed by atoms with E-state index in [-0.39, 0.29) is 13.0 Å². The molecule has 0 atom stereocenters. The first kappa shape index (κ1) is 18.0. The number of aromatic amines is 2. The number of rotatable bonds is 5. The van der Waals surface area contributed by atoms with Crippen LogP contribution in [0.3, 0.4) is 0 Å². The minimum atomic E-state index is -4.99. The van der Waals surface area contributed by atoms with Gasteiger partial charge in [0.2, 0.25) is 0 Å². The Morgan fingerprint density at radius 1 is 1.23 bits per heavy atom. The number of hydrogen-bond donors (Lipinski definition) is 2. The van der Waals surface area contributed by atoms with Gasteiger partial charge >= 0.3 is 12.1 Å². The van der Waals surface area contributed by atoms with E-state index in [9.17, 15) is 18.0 Å². The standard InChI is InChI=1S/C17H17F3N4O2/c1-16(2,5-8-26-15(25)17(18,19)20)13-12(9-23-24-13)10-3-6-21-14-11(10)4-7-22-14/h3-4,6-7,9H,5,8H2,1-2H3,(H,21,22)(H,23,24). The number of hydrogen-bond acceptors (Lipinski definition) is 4. The summed E-state index contributed by atoms with van der Waals surface area (Å²) in [5.74, 6) is -2.18. The highest BCUT2D eigenvalue weighted by atomic mass is 19.4. The normalized spacial score (nSPS) is 12.5. The van der Waals surface area contributed by atoms with Crippen molar-refractivity contribution < 1.29 is 22.7 Å². The monoisotopic (exact) mass is 366 g/mol. The largest absolute Gasteiger partial charge is 0.490 e. The molecule has 26 heavy (non-hydrogen) atoms. The molecule has 3 aromatic rings. The van der Waals surface area contributed by atoms with Crippen molar-refractivity contribution in [2.45, 2.75) is 31.9 Å². The third kappa shape index (κ3) is 3.42. The first-order valence-electron chi connectivity index (χ1n) is 7.91. The van der Waals surface area contributed by atoms with Gasteiger partial charge in [-0.1, -0.05) is 13.8 Å². The van der Waals surface area contributed by atoms with Crippen molar-refractivity contribution >= 4 is 17.0 Å². The Kier molecular flexibility index (Phi) is 4.47. The summed E-state index contributed by atoms with van der Waals surface area (Å²) in [4.78, 5) is 18.1. The van der Waals surface area contributed by atoms with Gasteiger partial charge in [-0.05, 0) is 24.1 Å². The Labute approximate surface area is 146 Å². The molecule has 0 aliphatic heterocycles. The van der Waals surface area contributed by atoms with Gasteiger partial charge in [0.15, 0.2) is 0 Å². The summed E-state index contributed by atoms with van der Waals surface area (Å²) in [5.41, 5.74) is 2.51. The Bertz CT molecular complexity index is 927. The second-order valence-corrected chi connectivity index (χ2v) is 6.51. The van der Waals surface area contributed by atoms with E-state index in [2.05, 4.69) is 24.9 Å². The number of carbonyl (C=O) groups excluding carboxylic acids is 1. The lowest BCUT2D eigenvalue weighted by molar-refractivity contribution is -0.200. The van der Waals surface area contributed by atoms with Gasteiger partial charge < -0.3 is 9.72 Å². The van der Waals surface area contributed by atoms with Crippen LogP contribution in [0.1, 0.15) is 26.0 Å². The van der Waals surface area contributed by atoms with E-state index in [1.807, 2.05) is 26.0 Å². The lowest BCUT2D eigenvalue weighted by Gasteiger charge is -2.24. The van der Waals surface area contributed by atoms with Crippen LogP contribution < -0.4 is 0 Å². The number of halogens is 3. The van der Waals surface area contributed by atoms with Crippen LogP contribution in [0.4, 0.5) is 13.2 Å². The number of nitrogens with zero attached hydrogens (tertiary/aromatic N) is 2. The highest BCUT2D eigenvalue weighted by Gasteiger charge is 2.41. The van der Waals surface area contributed by atoms with Gasteiger partial charge in [0.25, 0.3) is 0 Å². The molecule has 9 heteroatoms. The van der Waals surface area contributed by atoms with Crippen LogP contribution in [0.5, 0.6) is 0 Å². The van der Waals surface area contributed by atoms with Gasteiger partial charge in [0, 0.05) is 35.0 Å². The lowest BCUT2D eigenvalue weighted by Crippen LogP contribution is -2.28. The molecule has 0 aromatic carbocycles. The molecule has 0 unspecified atom stereocenters. The molecule has 138 valence electrons. The van der Waals surface area contributed by atoms with Gasteiger partial charge in [-0.15, -0.1) is 0 Å². The Morgan fingerprint density at radius 2 is 2.00 bits per heavy atom. The fraction of sp³-hybridized carbons (Fsp3) is 0.353. The van der Waals surface area contributed by atoms with Gasteiger partial charge in [0.1, 0.15) is 5.65 Å². The number of esters is 1. The number of pyridine rings is 1. The van der Waals surface area contributed by atoms with E-state index >= 15 is 0 Å². The molecule has 0 spiro atoms. The second kappa shape index (κ2) is 6.47. The SMILES string of the molecule is CC(C)(CCOC(=O)C(F)(F)F)c1n[nH]cc1-c1ccnc2[nH]ccc12. The summed E-state index contributed by atoms with van der Waals surface area (Å²) >= 11 is 0. The van der Waals surface area contributed by atoms with Gasteiger partial charge in [0.05, 0.1) is 12.3 Å². The number of aromatic nitrogens is 4. The number of ether oxygens (including phenoxy) is 1. The van der Waals surface area contributed by atoms with E-state index in [4.69, 9.17) is 0 Å². The number of carbonyl (C=O) groups is 1. The molecule has 0 fully saturated rings. The second-order valence-electron chi connectivity index (χ2n) is 6.51. The van der Waals surface area contributed by atoms with Crippen molar-refractivity contribution in [1.29, 1.82) is 0 Å². The molecule has 0 saturated heterocycles. The molecule has 0 aliphatic rings. The average Bonchev–Trinajstić information content (AvgIpc) is 3.22. The molecule has 3 heterocycles. The molecular formula is C17H17F3N4O2. The maximum atomic E-state index is 12.2. The topological polar surface area (TPSA) is 83.7 Å². The fourth-order valence-electron chi connectivity index (χ4n) is 2.81. The van der Waals surface area contributed by atoms with E-state index < -0.39 is 17.6 Å². The summed E-state index contributed by atoms with van der Waals surface area (Å²) in [6.07, 6.45) is 0.388. The molecule has 0 bridgehead atoms. The zero-order valence-corrected chi connectivity index (χ0v) is 14.1. The van der Waals surface area contributed by atoms with Crippen molar-refractivity contribution in [2.24, 2.45) is 0 Å². The maximum Gasteiger partial charge on any atom is 0.490 e. The quantitative estimate of drug-likeness (QED) is 0.674. The zero-order chi connectivity index (χ0) is 18.9. The number of H-pyrrole nitrogens is 2. The van der Waals surface area contributed by atoms with Crippen LogP contribution in [-0.4, -0.2) is 38.9 Å². The van der Waals surface area contributed by atoms with Crippen LogP contribution >= 0.6 is 0 Å². The predicted octanol–water partition coefficient (Wildman–Crippen LogP) is 3.73. The van der Waals surface area contributed by atoms with Crippen LogP contribution in [0, 0.1) is 0 Å². The molecule has 3 rings (SSSR count). The lowest BCUT2D eigenvalue weighted by atomic mass is 9.82. The van der Waals surface area contributed by atoms with Crippen molar-refractivity contribution in [3.63, 3.8) is 0 Å². The van der Waals surface area contributed by atoms with Crippen LogP contribution in [-0.2, 0) is 14.9 Å². The van der Waals surface area contributed by atoms with E-state index in [0.29, 0.717) is 5.69 Å². The minimum absolute atomic E-state index is 0.189. The zero-order valence-electron chi connectivity index (χ0n) is 14.1. The van der Waals surface area contributed by atoms with Crippen molar-refractivity contribution in [3.05, 3.63) is 36.4 Å². The third-order valence-corrected chi connectivity index (χ3v) is 4.22. The molecule has 6 nitrogen and oxygen atoms in total. The van der Waals surface area contributed by atoms with Crippen molar-refractivity contribution in [1.82, 2.24) is 20.2 Å². The average molecular weight is 366 g/mol. The predicted molar refractivity (Wildman–Crippen MR) is 88.3 cm³/mol. The van der Waals surface area contributed by atoms with E-state index in [1.165, 1.54) is 0 Å². The summed E-state index contributed by atoms with van der Waals surface area (Å²) < 4.78 is 41.1. The Balaban J connectivity index is 1.83. The molecule has 3 aromatic heterocycles. The van der Waals surface area contributed by atoms with Gasteiger partial charge in [-0.2, -0.15) is 18.3 Å². The van der Waals surface area contributed by atoms with Crippen LogP contribution in [0.25, 0.3) is 22.2 Å². The minimum Gasteiger partial charge on any atom is -0.459 e. The number of alkyl halides is 3. The van der Waals surface area contributed by atoms with Crippen LogP contribution in [0.2, 0.25) is 0 Å². The van der Waals surface area contributed by atoms with Crippen LogP contribution in [0.15, 0.2) is 30.7 Å². The molecule has 0 amide bonds. The third-order valence-electron chi connectivity index (χ3n) is 4.22. The number of nitrogens with one attached hydrogen (secondary N) is 2. The first-order chi connectivity index (χ1) is 12.2. The molecule has 0 aliphatic carbocycles. The first-order valence-corrected chi connectivity index (χ1v) is 7.91. The highest BCUT2D eigenvalue weighted by Crippen LogP contribution is 2.36. The smallest absolute Gasteiger partial charge is 0.459 e. The van der Waals surface area contributed by atoms with Crippen molar-refractivity contribution in [2.75, 3.05) is 6.61 Å². The summed E-state index contributed by atoms with van der Waals surface area (Å²) in [6.45, 7) is 3.32. The van der Waals surface area contributed by atoms with E-state index in [1.54, 1.807) is 18.6 Å². The molecular weight excluding hydrogens is 349 g/mol. The van der Waals surface area contributed by atoms with Crippen molar-refractivity contribution in [3.8, 4) is 11.1 Å². The Morgan fingerprint density at radius 3 is 2.73 bits per heavy atom. The summed E-state index contributed by atoms with van der Waals surface area (Å²) in [5, 5.41) is 8.01. The molecule has 0 radical (unpaired) electrons. The van der Waals surface area contributed by atoms with Gasteiger partial charge in [-0.3, -0.25) is 5.10 Å². The Hall–Kier alpha value is -2.84. The fourth-order valence-corrected chi connectivity index (χ4v) is 2.81. The molecule has 2 N–H and O–H groups in total. The van der Waals surface area contributed by atoms with E-state index in [0.717, 1.165) is 22.2 Å². The maximum absolute atomic E-state index is 12.2. The highest BCUT2D eigenvalue weighted by molar-refractivity contribution is 5.93. The van der Waals surface area contributed by atoms with Gasteiger partial charge in [-0.25, -0.2) is 9.78 Å². The summed E-state index contributed by atoms with van der Waals surface area (Å²) in [6, 6.07) is 3.75. The number of fused-ring (bicyclic) bond motifs is 1. The summed E-state index contributed by atoms with van der Waals surface area (Å²) in [7, 11) is 0.